The molecular weight excluding hydrogens is 148 g/mol. The van der Waals surface area contributed by atoms with Crippen LogP contribution in [-0.2, 0) is 0 Å². The monoisotopic (exact) mass is 164 g/mol. The van der Waals surface area contributed by atoms with E-state index in [1.54, 1.807) is 6.92 Å². The average Bonchev–Trinajstić information content (AvgIpc) is 1.84. The first-order valence-corrected chi connectivity index (χ1v) is 5.38. The molecule has 3 nitrogen and oxygen atoms in total. The van der Waals surface area contributed by atoms with E-state index in [1.807, 2.05) is 13.8 Å². The second-order valence-corrected chi connectivity index (χ2v) is 5.38. The van der Waals surface area contributed by atoms with Crippen molar-refractivity contribution in [1.29, 1.82) is 0 Å². The van der Waals surface area contributed by atoms with E-state index in [0.717, 1.165) is 0 Å². The first kappa shape index (κ1) is 10.1. The zero-order valence-electron chi connectivity index (χ0n) is 6.76. The maximum absolute atomic E-state index is 8.99. The number of hydrogen-bond donors (Lipinski definition) is 3. The zero-order valence-corrected chi connectivity index (χ0v) is 7.76. The molecule has 0 aromatic rings. The van der Waals surface area contributed by atoms with Crippen LogP contribution in [0.4, 0.5) is 0 Å². The molecule has 4 heteroatoms. The van der Waals surface area contributed by atoms with Gasteiger partial charge in [0.1, 0.15) is 0 Å². The Balaban J connectivity index is 4.33. The minimum atomic E-state index is -3.91. The first-order valence-electron chi connectivity index (χ1n) is 3.54. The molecule has 0 rings (SSSR count). The lowest BCUT2D eigenvalue weighted by Gasteiger charge is -2.31. The molecule has 10 heavy (non-hydrogen) atoms. The Hall–Kier alpha value is 0.0969. The summed E-state index contributed by atoms with van der Waals surface area (Å²) in [4.78, 5) is 27.0. The van der Waals surface area contributed by atoms with E-state index in [2.05, 4.69) is 0 Å². The molecule has 0 aliphatic carbocycles. The van der Waals surface area contributed by atoms with E-state index in [0.29, 0.717) is 12.8 Å². The Labute approximate surface area is 62.7 Å². The highest BCUT2D eigenvalue weighted by atomic mass is 28.4. The fourth-order valence-corrected chi connectivity index (χ4v) is 1.67. The van der Waals surface area contributed by atoms with Crippen LogP contribution >= 0.6 is 0 Å². The minimum absolute atomic E-state index is 0.596. The van der Waals surface area contributed by atoms with Gasteiger partial charge in [0.25, 0.3) is 0 Å². The standard InChI is InChI=1S/C6H16O3Si/c1-4-6(3,5-2)10(7,8)9/h7-9H,4-5H2,1-3H3. The summed E-state index contributed by atoms with van der Waals surface area (Å²) in [6.07, 6.45) is 1.19. The molecule has 0 fully saturated rings. The quantitative estimate of drug-likeness (QED) is 0.532. The van der Waals surface area contributed by atoms with E-state index in [9.17, 15) is 0 Å². The van der Waals surface area contributed by atoms with Gasteiger partial charge in [-0.05, 0) is 12.8 Å². The van der Waals surface area contributed by atoms with Crippen molar-refractivity contribution in [3.8, 4) is 0 Å². The molecule has 0 aromatic heterocycles. The lowest BCUT2D eigenvalue weighted by atomic mass is 10.1. The third-order valence-electron chi connectivity index (χ3n) is 2.37. The van der Waals surface area contributed by atoms with Crippen LogP contribution in [-0.4, -0.2) is 23.2 Å². The lowest BCUT2D eigenvalue weighted by molar-refractivity contribution is 0.176. The Bertz CT molecular complexity index is 104. The average molecular weight is 164 g/mol. The van der Waals surface area contributed by atoms with E-state index >= 15 is 0 Å². The van der Waals surface area contributed by atoms with Crippen molar-refractivity contribution in [2.75, 3.05) is 0 Å². The van der Waals surface area contributed by atoms with Gasteiger partial charge in [0, 0.05) is 5.04 Å². The Kier molecular flexibility index (Phi) is 3.03. The molecule has 0 radical (unpaired) electrons. The predicted octanol–water partition coefficient (Wildman–Crippen LogP) is 0.482. The highest BCUT2D eigenvalue weighted by Gasteiger charge is 2.47. The van der Waals surface area contributed by atoms with Crippen LogP contribution < -0.4 is 0 Å². The molecular formula is C6H16O3Si. The van der Waals surface area contributed by atoms with Crippen LogP contribution in [0.25, 0.3) is 0 Å². The Morgan fingerprint density at radius 3 is 1.40 bits per heavy atom. The predicted molar refractivity (Wildman–Crippen MR) is 41.4 cm³/mol. The molecule has 0 atom stereocenters. The summed E-state index contributed by atoms with van der Waals surface area (Å²) in [5, 5.41) is -0.674. The van der Waals surface area contributed by atoms with Gasteiger partial charge in [-0.25, -0.2) is 0 Å². The number of hydrogen-bond acceptors (Lipinski definition) is 3. The third-order valence-corrected chi connectivity index (χ3v) is 4.70. The molecule has 0 aromatic carbocycles. The summed E-state index contributed by atoms with van der Waals surface area (Å²) >= 11 is 0. The Morgan fingerprint density at radius 1 is 1.10 bits per heavy atom. The zero-order chi connectivity index (χ0) is 8.41. The lowest BCUT2D eigenvalue weighted by Crippen LogP contribution is -2.47. The third kappa shape index (κ3) is 1.79. The van der Waals surface area contributed by atoms with Crippen molar-refractivity contribution in [1.82, 2.24) is 0 Å². The van der Waals surface area contributed by atoms with Gasteiger partial charge in [-0.2, -0.15) is 0 Å². The summed E-state index contributed by atoms with van der Waals surface area (Å²) in [5.41, 5.74) is 0. The van der Waals surface area contributed by atoms with Crippen LogP contribution in [0.3, 0.4) is 0 Å². The second kappa shape index (κ2) is 3.00. The van der Waals surface area contributed by atoms with E-state index in [1.165, 1.54) is 0 Å². The topological polar surface area (TPSA) is 60.7 Å². The van der Waals surface area contributed by atoms with Crippen LogP contribution in [0.5, 0.6) is 0 Å². The van der Waals surface area contributed by atoms with Gasteiger partial charge in [-0.15, -0.1) is 0 Å². The van der Waals surface area contributed by atoms with Crippen molar-refractivity contribution < 1.29 is 14.4 Å². The van der Waals surface area contributed by atoms with Gasteiger partial charge in [-0.3, -0.25) is 0 Å². The van der Waals surface area contributed by atoms with Gasteiger partial charge in [0.05, 0.1) is 0 Å². The van der Waals surface area contributed by atoms with Crippen LogP contribution in [0.1, 0.15) is 33.6 Å². The van der Waals surface area contributed by atoms with Crippen LogP contribution in [0, 0.1) is 0 Å². The molecule has 3 N–H and O–H groups in total. The molecule has 0 saturated carbocycles. The molecule has 0 unspecified atom stereocenters. The van der Waals surface area contributed by atoms with Crippen LogP contribution in [0.15, 0.2) is 0 Å². The molecule has 0 saturated heterocycles. The fraction of sp³-hybridized carbons (Fsp3) is 1.00. The SMILES string of the molecule is CCC(C)(CC)[Si](O)(O)O. The van der Waals surface area contributed by atoms with Gasteiger partial charge in [0.15, 0.2) is 0 Å². The van der Waals surface area contributed by atoms with Crippen molar-refractivity contribution in [2.24, 2.45) is 0 Å². The smallest absolute Gasteiger partial charge is 0.390 e. The summed E-state index contributed by atoms with van der Waals surface area (Å²) in [6, 6.07) is 0. The maximum Gasteiger partial charge on any atom is 0.498 e. The van der Waals surface area contributed by atoms with Crippen molar-refractivity contribution >= 4 is 8.80 Å². The van der Waals surface area contributed by atoms with E-state index < -0.39 is 13.8 Å². The summed E-state index contributed by atoms with van der Waals surface area (Å²) in [5.74, 6) is 0. The van der Waals surface area contributed by atoms with Crippen molar-refractivity contribution in [2.45, 2.75) is 38.7 Å². The highest BCUT2D eigenvalue weighted by molar-refractivity contribution is 6.59. The second-order valence-electron chi connectivity index (χ2n) is 2.90. The minimum Gasteiger partial charge on any atom is -0.390 e. The molecule has 0 aliphatic rings. The maximum atomic E-state index is 8.99. The van der Waals surface area contributed by atoms with Gasteiger partial charge in [0.2, 0.25) is 0 Å². The first-order chi connectivity index (χ1) is 4.37. The van der Waals surface area contributed by atoms with Gasteiger partial charge < -0.3 is 14.4 Å². The molecule has 0 aliphatic heterocycles. The van der Waals surface area contributed by atoms with Gasteiger partial charge in [-0.1, -0.05) is 20.8 Å². The highest BCUT2D eigenvalue weighted by Crippen LogP contribution is 2.39. The van der Waals surface area contributed by atoms with E-state index in [-0.39, 0.29) is 0 Å². The molecule has 0 spiro atoms. The fourth-order valence-electron chi connectivity index (χ4n) is 0.724. The molecule has 0 heterocycles. The molecule has 62 valence electrons. The Morgan fingerprint density at radius 2 is 1.40 bits per heavy atom. The summed E-state index contributed by atoms with van der Waals surface area (Å²) < 4.78 is 0. The van der Waals surface area contributed by atoms with E-state index in [4.69, 9.17) is 14.4 Å². The summed E-state index contributed by atoms with van der Waals surface area (Å²) in [7, 11) is -3.91. The normalized spacial score (nSPS) is 13.8. The molecule has 0 bridgehead atoms. The largest absolute Gasteiger partial charge is 0.498 e. The van der Waals surface area contributed by atoms with Crippen molar-refractivity contribution in [3.05, 3.63) is 0 Å². The van der Waals surface area contributed by atoms with Crippen LogP contribution in [0.2, 0.25) is 5.04 Å². The van der Waals surface area contributed by atoms with Crippen molar-refractivity contribution in [3.63, 3.8) is 0 Å². The van der Waals surface area contributed by atoms with Gasteiger partial charge >= 0.3 is 8.80 Å². The molecule has 0 amide bonds. The number of rotatable bonds is 3. The summed E-state index contributed by atoms with van der Waals surface area (Å²) in [6.45, 7) is 5.38.